The lowest BCUT2D eigenvalue weighted by atomic mass is 9.87. The molecule has 35 heavy (non-hydrogen) atoms. The Hall–Kier alpha value is -2.05. The molecule has 0 radical (unpaired) electrons. The Morgan fingerprint density at radius 1 is 1.14 bits per heavy atom. The Morgan fingerprint density at radius 3 is 2.49 bits per heavy atom. The number of nitrogens with one attached hydrogen (secondary N) is 1. The highest BCUT2D eigenvalue weighted by Gasteiger charge is 2.28. The molecule has 0 spiro atoms. The van der Waals surface area contributed by atoms with E-state index in [2.05, 4.69) is 42.0 Å². The zero-order valence-electron chi connectivity index (χ0n) is 21.1. The molecule has 0 saturated heterocycles. The van der Waals surface area contributed by atoms with Crippen molar-refractivity contribution in [3.63, 3.8) is 0 Å². The third-order valence-corrected chi connectivity index (χ3v) is 7.36. The summed E-state index contributed by atoms with van der Waals surface area (Å²) in [7, 11) is 0. The topological polar surface area (TPSA) is 58.6 Å². The summed E-state index contributed by atoms with van der Waals surface area (Å²) in [5, 5.41) is 3.74. The van der Waals surface area contributed by atoms with Crippen molar-refractivity contribution in [3.8, 4) is 5.75 Å². The molecular weight excluding hydrogens is 528 g/mol. The smallest absolute Gasteiger partial charge is 0.261 e. The number of carbonyl (C=O) groups excluding carboxylic acids is 2. The van der Waals surface area contributed by atoms with E-state index in [9.17, 15) is 9.59 Å². The van der Waals surface area contributed by atoms with Crippen molar-refractivity contribution < 1.29 is 14.3 Å². The third kappa shape index (κ3) is 7.97. The summed E-state index contributed by atoms with van der Waals surface area (Å²) in [6, 6.07) is 12.8. The first kappa shape index (κ1) is 27.5. The molecular formula is C28H36BrClN2O3. The van der Waals surface area contributed by atoms with Gasteiger partial charge in [-0.25, -0.2) is 0 Å². The van der Waals surface area contributed by atoms with E-state index in [0.717, 1.165) is 35.7 Å². The molecule has 2 aromatic carbocycles. The van der Waals surface area contributed by atoms with Crippen LogP contribution in [0.2, 0.25) is 5.02 Å². The van der Waals surface area contributed by atoms with Gasteiger partial charge >= 0.3 is 0 Å². The average molecular weight is 564 g/mol. The summed E-state index contributed by atoms with van der Waals surface area (Å²) in [5.74, 6) is 0.194. The van der Waals surface area contributed by atoms with Gasteiger partial charge in [0, 0.05) is 17.6 Å². The Morgan fingerprint density at radius 2 is 1.86 bits per heavy atom. The lowest BCUT2D eigenvalue weighted by Crippen LogP contribution is -2.51. The number of benzene rings is 2. The van der Waals surface area contributed by atoms with E-state index in [-0.39, 0.29) is 36.4 Å². The van der Waals surface area contributed by atoms with Crippen LogP contribution in [0.1, 0.15) is 70.9 Å². The van der Waals surface area contributed by atoms with Gasteiger partial charge in [0.15, 0.2) is 6.61 Å². The lowest BCUT2D eigenvalue weighted by molar-refractivity contribution is -0.142. The monoisotopic (exact) mass is 562 g/mol. The fraction of sp³-hybridized carbons (Fsp3) is 0.500. The first-order valence-electron chi connectivity index (χ1n) is 12.3. The minimum atomic E-state index is -0.640. The lowest BCUT2D eigenvalue weighted by Gasteiger charge is -2.31. The maximum atomic E-state index is 13.4. The molecule has 7 heteroatoms. The van der Waals surface area contributed by atoms with Crippen LogP contribution >= 0.6 is 27.5 Å². The van der Waals surface area contributed by atoms with Gasteiger partial charge in [-0.1, -0.05) is 69.8 Å². The number of hydrogen-bond acceptors (Lipinski definition) is 3. The van der Waals surface area contributed by atoms with E-state index >= 15 is 0 Å². The Kier molecular flexibility index (Phi) is 9.65. The molecule has 1 fully saturated rings. The van der Waals surface area contributed by atoms with E-state index in [1.54, 1.807) is 17.9 Å². The van der Waals surface area contributed by atoms with Gasteiger partial charge in [0.2, 0.25) is 5.91 Å². The summed E-state index contributed by atoms with van der Waals surface area (Å²) < 4.78 is 6.69. The quantitative estimate of drug-likeness (QED) is 0.391. The van der Waals surface area contributed by atoms with E-state index in [0.29, 0.717) is 10.8 Å². The van der Waals surface area contributed by atoms with E-state index in [1.807, 2.05) is 36.4 Å². The van der Waals surface area contributed by atoms with Crippen LogP contribution in [0, 0.1) is 0 Å². The zero-order chi connectivity index (χ0) is 25.6. The van der Waals surface area contributed by atoms with Crippen molar-refractivity contribution in [2.75, 3.05) is 6.61 Å². The maximum Gasteiger partial charge on any atom is 0.261 e. The van der Waals surface area contributed by atoms with Gasteiger partial charge in [0.25, 0.3) is 5.91 Å². The molecule has 0 bridgehead atoms. The van der Waals surface area contributed by atoms with Crippen molar-refractivity contribution >= 4 is 39.3 Å². The zero-order valence-corrected chi connectivity index (χ0v) is 23.4. The first-order valence-corrected chi connectivity index (χ1v) is 13.5. The van der Waals surface area contributed by atoms with E-state index in [4.69, 9.17) is 16.3 Å². The summed E-state index contributed by atoms with van der Waals surface area (Å²) in [4.78, 5) is 28.0. The molecule has 5 nitrogen and oxygen atoms in total. The van der Waals surface area contributed by atoms with E-state index < -0.39 is 6.04 Å². The molecule has 1 saturated carbocycles. The molecule has 190 valence electrons. The molecule has 1 aliphatic rings. The van der Waals surface area contributed by atoms with Crippen LogP contribution in [0.15, 0.2) is 46.9 Å². The number of ether oxygens (including phenoxy) is 1. The predicted molar refractivity (Wildman–Crippen MR) is 145 cm³/mol. The fourth-order valence-corrected chi connectivity index (χ4v) is 5.00. The predicted octanol–water partition coefficient (Wildman–Crippen LogP) is 6.65. The number of rotatable bonds is 8. The van der Waals surface area contributed by atoms with Gasteiger partial charge in [-0.2, -0.15) is 0 Å². The van der Waals surface area contributed by atoms with Crippen LogP contribution < -0.4 is 10.1 Å². The molecule has 0 heterocycles. The van der Waals surface area contributed by atoms with Gasteiger partial charge in [-0.3, -0.25) is 9.59 Å². The van der Waals surface area contributed by atoms with E-state index in [1.165, 1.54) is 12.0 Å². The van der Waals surface area contributed by atoms with Crippen molar-refractivity contribution in [1.82, 2.24) is 10.2 Å². The normalized spacial score (nSPS) is 15.4. The highest BCUT2D eigenvalue weighted by atomic mass is 79.9. The molecule has 2 aromatic rings. The van der Waals surface area contributed by atoms with Crippen molar-refractivity contribution in [2.45, 2.75) is 83.8 Å². The van der Waals surface area contributed by atoms with Crippen LogP contribution in [0.4, 0.5) is 0 Å². The maximum absolute atomic E-state index is 13.4. The first-order chi connectivity index (χ1) is 16.5. The molecule has 1 aliphatic carbocycles. The Bertz CT molecular complexity index is 1030. The molecule has 1 N–H and O–H groups in total. The van der Waals surface area contributed by atoms with Gasteiger partial charge in [0.1, 0.15) is 11.8 Å². The van der Waals surface area contributed by atoms with Crippen molar-refractivity contribution in [3.05, 3.63) is 63.1 Å². The minimum Gasteiger partial charge on any atom is -0.483 e. The molecule has 0 unspecified atom stereocenters. The average Bonchev–Trinajstić information content (AvgIpc) is 2.81. The van der Waals surface area contributed by atoms with Crippen molar-refractivity contribution in [2.24, 2.45) is 0 Å². The Balaban J connectivity index is 1.73. The molecule has 3 rings (SSSR count). The summed E-state index contributed by atoms with van der Waals surface area (Å²) in [6.45, 7) is 8.31. The van der Waals surface area contributed by atoms with Crippen LogP contribution in [0.25, 0.3) is 0 Å². The van der Waals surface area contributed by atoms with Crippen LogP contribution in [0.3, 0.4) is 0 Å². The fourth-order valence-electron chi connectivity index (χ4n) is 4.29. The molecule has 0 aromatic heterocycles. The minimum absolute atomic E-state index is 0.00571. The highest BCUT2D eigenvalue weighted by molar-refractivity contribution is 9.10. The number of hydrogen-bond donors (Lipinski definition) is 1. The molecule has 0 aliphatic heterocycles. The van der Waals surface area contributed by atoms with Crippen LogP contribution in [-0.2, 0) is 21.5 Å². The summed E-state index contributed by atoms with van der Waals surface area (Å²) >= 11 is 9.74. The van der Waals surface area contributed by atoms with Crippen LogP contribution in [0.5, 0.6) is 5.75 Å². The second kappa shape index (κ2) is 12.3. The largest absolute Gasteiger partial charge is 0.483 e. The SMILES string of the molecule is C[C@@H](C(=O)NC1CCCCC1)N(Cc1cccc(Cl)c1)C(=O)COc1ccc(C(C)(C)C)cc1Br. The third-order valence-electron chi connectivity index (χ3n) is 6.51. The highest BCUT2D eigenvalue weighted by Crippen LogP contribution is 2.31. The number of halogens is 2. The second-order valence-corrected chi connectivity index (χ2v) is 11.6. The Labute approximate surface area is 222 Å². The number of nitrogens with zero attached hydrogens (tertiary/aromatic N) is 1. The molecule has 2 amide bonds. The number of carbonyl (C=O) groups is 2. The van der Waals surface area contributed by atoms with Gasteiger partial charge < -0.3 is 15.0 Å². The summed E-state index contributed by atoms with van der Waals surface area (Å²) in [5.41, 5.74) is 2.03. The molecule has 1 atom stereocenters. The number of amides is 2. The van der Waals surface area contributed by atoms with Gasteiger partial charge in [-0.05, 0) is 76.5 Å². The summed E-state index contributed by atoms with van der Waals surface area (Å²) in [6.07, 6.45) is 5.44. The van der Waals surface area contributed by atoms with Crippen molar-refractivity contribution in [1.29, 1.82) is 0 Å². The van der Waals surface area contributed by atoms with Gasteiger partial charge in [-0.15, -0.1) is 0 Å². The van der Waals surface area contributed by atoms with Crippen LogP contribution in [-0.4, -0.2) is 35.4 Å². The second-order valence-electron chi connectivity index (χ2n) is 10.4. The standard InChI is InChI=1S/C28H36BrClN2O3/c1-19(27(34)31-23-11-6-5-7-12-23)32(17-20-9-8-10-22(30)15-20)26(33)18-35-25-14-13-21(16-24(25)29)28(2,3)4/h8-10,13-16,19,23H,5-7,11-12,17-18H2,1-4H3,(H,31,34)/t19-/m0/s1. The van der Waals surface area contributed by atoms with Gasteiger partial charge in [0.05, 0.1) is 4.47 Å².